The van der Waals surface area contributed by atoms with E-state index in [1.165, 1.54) is 5.56 Å². The maximum atomic E-state index is 5.81. The van der Waals surface area contributed by atoms with Gasteiger partial charge in [0.1, 0.15) is 5.75 Å². The molecule has 1 unspecified atom stereocenters. The summed E-state index contributed by atoms with van der Waals surface area (Å²) in [6.45, 7) is 7.56. The Kier molecular flexibility index (Phi) is 10.2. The van der Waals surface area contributed by atoms with Crippen molar-refractivity contribution in [3.8, 4) is 5.75 Å². The van der Waals surface area contributed by atoms with Crippen LogP contribution in [0.25, 0.3) is 0 Å². The number of aliphatic imine (C=N–C) groups is 1. The zero-order valence-electron chi connectivity index (χ0n) is 12.6. The highest BCUT2D eigenvalue weighted by atomic mass is 127. The van der Waals surface area contributed by atoms with Gasteiger partial charge < -0.3 is 15.8 Å². The summed E-state index contributed by atoms with van der Waals surface area (Å²) in [7, 11) is 0. The molecule has 1 atom stereocenters. The van der Waals surface area contributed by atoms with Gasteiger partial charge in [-0.1, -0.05) is 19.1 Å². The van der Waals surface area contributed by atoms with Crippen LogP contribution in [0.15, 0.2) is 29.3 Å². The SMILES string of the molecule is CCOc1cccc(CCN=C(N)NC(C)CC)c1.I. The lowest BCUT2D eigenvalue weighted by Crippen LogP contribution is -2.38. The van der Waals surface area contributed by atoms with E-state index in [1.807, 2.05) is 19.1 Å². The zero-order valence-corrected chi connectivity index (χ0v) is 14.9. The molecular weight excluding hydrogens is 365 g/mol. The summed E-state index contributed by atoms with van der Waals surface area (Å²) in [4.78, 5) is 4.33. The third-order valence-electron chi connectivity index (χ3n) is 2.90. The van der Waals surface area contributed by atoms with Crippen molar-refractivity contribution in [1.82, 2.24) is 5.32 Å². The summed E-state index contributed by atoms with van der Waals surface area (Å²) in [5.41, 5.74) is 7.02. The average molecular weight is 391 g/mol. The summed E-state index contributed by atoms with van der Waals surface area (Å²) < 4.78 is 5.47. The van der Waals surface area contributed by atoms with Crippen molar-refractivity contribution in [1.29, 1.82) is 0 Å². The van der Waals surface area contributed by atoms with E-state index >= 15 is 0 Å². The van der Waals surface area contributed by atoms with Gasteiger partial charge in [0.2, 0.25) is 0 Å². The number of benzene rings is 1. The van der Waals surface area contributed by atoms with Crippen molar-refractivity contribution in [3.63, 3.8) is 0 Å². The van der Waals surface area contributed by atoms with E-state index < -0.39 is 0 Å². The van der Waals surface area contributed by atoms with Gasteiger partial charge >= 0.3 is 0 Å². The largest absolute Gasteiger partial charge is 0.494 e. The Morgan fingerprint density at radius 2 is 2.15 bits per heavy atom. The Morgan fingerprint density at radius 3 is 2.80 bits per heavy atom. The van der Waals surface area contributed by atoms with Crippen molar-refractivity contribution in [2.45, 2.75) is 39.7 Å². The highest BCUT2D eigenvalue weighted by Gasteiger charge is 1.99. The molecular formula is C15H26IN3O. The second-order valence-electron chi connectivity index (χ2n) is 4.55. The lowest BCUT2D eigenvalue weighted by molar-refractivity contribution is 0.340. The zero-order chi connectivity index (χ0) is 14.1. The monoisotopic (exact) mass is 391 g/mol. The van der Waals surface area contributed by atoms with Crippen molar-refractivity contribution in [3.05, 3.63) is 29.8 Å². The topological polar surface area (TPSA) is 59.6 Å². The minimum atomic E-state index is 0. The molecule has 114 valence electrons. The first kappa shape index (κ1) is 19.0. The molecule has 0 amide bonds. The van der Waals surface area contributed by atoms with Crippen molar-refractivity contribution in [2.24, 2.45) is 10.7 Å². The van der Waals surface area contributed by atoms with Crippen molar-refractivity contribution >= 4 is 29.9 Å². The van der Waals surface area contributed by atoms with Gasteiger partial charge in [0.25, 0.3) is 0 Å². The first-order valence-corrected chi connectivity index (χ1v) is 6.93. The van der Waals surface area contributed by atoms with Crippen LogP contribution >= 0.6 is 24.0 Å². The van der Waals surface area contributed by atoms with E-state index in [9.17, 15) is 0 Å². The summed E-state index contributed by atoms with van der Waals surface area (Å²) in [6, 6.07) is 8.47. The molecule has 0 aliphatic rings. The first-order valence-electron chi connectivity index (χ1n) is 6.93. The number of ether oxygens (including phenoxy) is 1. The second kappa shape index (κ2) is 10.8. The van der Waals surface area contributed by atoms with E-state index in [-0.39, 0.29) is 24.0 Å². The third-order valence-corrected chi connectivity index (χ3v) is 2.90. The molecule has 1 aromatic carbocycles. The van der Waals surface area contributed by atoms with E-state index in [2.05, 4.69) is 36.3 Å². The standard InChI is InChI=1S/C15H25N3O.HI/c1-4-12(3)18-15(16)17-10-9-13-7-6-8-14(11-13)19-5-2;/h6-8,11-12H,4-5,9-10H2,1-3H3,(H3,16,17,18);1H. The van der Waals surface area contributed by atoms with Crippen molar-refractivity contribution in [2.75, 3.05) is 13.2 Å². The smallest absolute Gasteiger partial charge is 0.188 e. The van der Waals surface area contributed by atoms with E-state index in [4.69, 9.17) is 10.5 Å². The van der Waals surface area contributed by atoms with Crippen LogP contribution in [0.5, 0.6) is 5.75 Å². The van der Waals surface area contributed by atoms with E-state index in [1.54, 1.807) is 0 Å². The Hall–Kier alpha value is -0.980. The fraction of sp³-hybridized carbons (Fsp3) is 0.533. The van der Waals surface area contributed by atoms with Gasteiger partial charge in [-0.15, -0.1) is 24.0 Å². The van der Waals surface area contributed by atoms with Crippen LogP contribution in [0.3, 0.4) is 0 Å². The predicted octanol–water partition coefficient (Wildman–Crippen LogP) is 2.95. The number of hydrogen-bond donors (Lipinski definition) is 2. The molecule has 0 fully saturated rings. The van der Waals surface area contributed by atoms with E-state index in [0.29, 0.717) is 25.2 Å². The molecule has 0 radical (unpaired) electrons. The van der Waals surface area contributed by atoms with Gasteiger partial charge in [0.05, 0.1) is 6.61 Å². The summed E-state index contributed by atoms with van der Waals surface area (Å²) >= 11 is 0. The normalized spacial score (nSPS) is 12.4. The molecule has 1 rings (SSSR count). The minimum absolute atomic E-state index is 0. The van der Waals surface area contributed by atoms with Crippen LogP contribution in [-0.4, -0.2) is 25.2 Å². The number of nitrogens with one attached hydrogen (secondary N) is 1. The quantitative estimate of drug-likeness (QED) is 0.427. The van der Waals surface area contributed by atoms with Gasteiger partial charge in [-0.2, -0.15) is 0 Å². The van der Waals surface area contributed by atoms with Crippen molar-refractivity contribution < 1.29 is 4.74 Å². The number of halogens is 1. The fourth-order valence-electron chi connectivity index (χ4n) is 1.66. The Morgan fingerprint density at radius 1 is 1.40 bits per heavy atom. The van der Waals surface area contributed by atoms with Crippen LogP contribution in [0, 0.1) is 0 Å². The Labute approximate surface area is 139 Å². The lowest BCUT2D eigenvalue weighted by Gasteiger charge is -2.11. The second-order valence-corrected chi connectivity index (χ2v) is 4.55. The molecule has 0 saturated heterocycles. The van der Waals surface area contributed by atoms with Gasteiger partial charge in [-0.3, -0.25) is 4.99 Å². The molecule has 5 heteroatoms. The lowest BCUT2D eigenvalue weighted by atomic mass is 10.1. The molecule has 4 nitrogen and oxygen atoms in total. The molecule has 3 N–H and O–H groups in total. The predicted molar refractivity (Wildman–Crippen MR) is 96.1 cm³/mol. The molecule has 0 heterocycles. The number of nitrogens with two attached hydrogens (primary N) is 1. The highest BCUT2D eigenvalue weighted by molar-refractivity contribution is 14.0. The highest BCUT2D eigenvalue weighted by Crippen LogP contribution is 2.13. The summed E-state index contributed by atoms with van der Waals surface area (Å²) in [6.07, 6.45) is 1.90. The van der Waals surface area contributed by atoms with Gasteiger partial charge in [-0.25, -0.2) is 0 Å². The molecule has 0 aliphatic carbocycles. The molecule has 1 aromatic rings. The minimum Gasteiger partial charge on any atom is -0.494 e. The summed E-state index contributed by atoms with van der Waals surface area (Å²) in [5, 5.41) is 3.15. The molecule has 0 bridgehead atoms. The Balaban J connectivity index is 0.00000361. The maximum Gasteiger partial charge on any atom is 0.188 e. The van der Waals surface area contributed by atoms with Gasteiger partial charge in [0, 0.05) is 12.6 Å². The number of nitrogens with zero attached hydrogens (tertiary/aromatic N) is 1. The van der Waals surface area contributed by atoms with Gasteiger partial charge in [0.15, 0.2) is 5.96 Å². The number of guanidine groups is 1. The third kappa shape index (κ3) is 7.57. The van der Waals surface area contributed by atoms with Crippen LogP contribution in [0.2, 0.25) is 0 Å². The number of rotatable bonds is 7. The average Bonchev–Trinajstić information content (AvgIpc) is 2.39. The van der Waals surface area contributed by atoms with Crippen LogP contribution in [0.1, 0.15) is 32.8 Å². The molecule has 0 spiro atoms. The molecule has 20 heavy (non-hydrogen) atoms. The van der Waals surface area contributed by atoms with Gasteiger partial charge in [-0.05, 0) is 44.4 Å². The fourth-order valence-corrected chi connectivity index (χ4v) is 1.66. The first-order chi connectivity index (χ1) is 9.15. The summed E-state index contributed by atoms with van der Waals surface area (Å²) in [5.74, 6) is 1.44. The van der Waals surface area contributed by atoms with Crippen LogP contribution in [0.4, 0.5) is 0 Å². The molecule has 0 aliphatic heterocycles. The maximum absolute atomic E-state index is 5.81. The van der Waals surface area contributed by atoms with E-state index in [0.717, 1.165) is 18.6 Å². The van der Waals surface area contributed by atoms with Crippen LogP contribution < -0.4 is 15.8 Å². The number of hydrogen-bond acceptors (Lipinski definition) is 2. The van der Waals surface area contributed by atoms with Crippen LogP contribution in [-0.2, 0) is 6.42 Å². The molecule has 0 aromatic heterocycles. The molecule has 0 saturated carbocycles. The Bertz CT molecular complexity index is 410.